The minimum atomic E-state index is -0.884. The first-order chi connectivity index (χ1) is 9.34. The second-order valence-corrected chi connectivity index (χ2v) is 6.18. The molecule has 0 radical (unpaired) electrons. The number of hydrogen-bond donors (Lipinski definition) is 2. The molecular formula is C14H19BrClNO3. The number of carbonyl (C=O) groups excluding carboxylic acids is 1. The lowest BCUT2D eigenvalue weighted by atomic mass is 10.0. The van der Waals surface area contributed by atoms with Crippen LogP contribution in [-0.2, 0) is 4.79 Å². The van der Waals surface area contributed by atoms with Crippen molar-refractivity contribution in [2.45, 2.75) is 32.3 Å². The van der Waals surface area contributed by atoms with Crippen molar-refractivity contribution >= 4 is 33.4 Å². The lowest BCUT2D eigenvalue weighted by Gasteiger charge is -2.22. The highest BCUT2D eigenvalue weighted by Crippen LogP contribution is 2.27. The van der Waals surface area contributed by atoms with E-state index >= 15 is 0 Å². The minimum absolute atomic E-state index is 0.109. The third-order valence-corrected chi connectivity index (χ3v) is 3.56. The highest BCUT2D eigenvalue weighted by atomic mass is 79.9. The van der Waals surface area contributed by atoms with Crippen LogP contribution in [0.15, 0.2) is 22.7 Å². The highest BCUT2D eigenvalue weighted by molar-refractivity contribution is 9.10. The van der Waals surface area contributed by atoms with Gasteiger partial charge in [0.15, 0.2) is 6.61 Å². The molecule has 0 saturated heterocycles. The number of halogens is 2. The maximum Gasteiger partial charge on any atom is 0.258 e. The van der Waals surface area contributed by atoms with Gasteiger partial charge in [0, 0.05) is 11.6 Å². The Morgan fingerprint density at radius 2 is 2.25 bits per heavy atom. The average molecular weight is 365 g/mol. The van der Waals surface area contributed by atoms with Crippen molar-refractivity contribution in [2.75, 3.05) is 13.2 Å². The molecule has 0 aliphatic rings. The van der Waals surface area contributed by atoms with Gasteiger partial charge in [-0.15, -0.1) is 0 Å². The molecule has 1 unspecified atom stereocenters. The molecule has 0 fully saturated rings. The lowest BCUT2D eigenvalue weighted by Crippen LogP contribution is -2.42. The number of rotatable bonds is 7. The van der Waals surface area contributed by atoms with Crippen molar-refractivity contribution in [1.29, 1.82) is 0 Å². The molecule has 1 rings (SSSR count). The molecule has 4 nitrogen and oxygen atoms in total. The van der Waals surface area contributed by atoms with Gasteiger partial charge in [-0.2, -0.15) is 0 Å². The number of benzene rings is 1. The number of aliphatic hydroxyl groups is 1. The monoisotopic (exact) mass is 363 g/mol. The molecular weight excluding hydrogens is 346 g/mol. The van der Waals surface area contributed by atoms with Gasteiger partial charge in [-0.05, 0) is 47.5 Å². The van der Waals surface area contributed by atoms with E-state index in [2.05, 4.69) is 21.2 Å². The molecule has 0 spiro atoms. The first kappa shape index (κ1) is 17.3. The quantitative estimate of drug-likeness (QED) is 0.781. The predicted molar refractivity (Wildman–Crippen MR) is 83.2 cm³/mol. The predicted octanol–water partition coefficient (Wildman–Crippen LogP) is 3.15. The summed E-state index contributed by atoms with van der Waals surface area (Å²) in [5, 5.41) is 13.2. The zero-order valence-electron chi connectivity index (χ0n) is 11.6. The summed E-state index contributed by atoms with van der Waals surface area (Å²) in [5.74, 6) is 0.271. The summed E-state index contributed by atoms with van der Waals surface area (Å²) in [6, 6.07) is 5.07. The third-order valence-electron chi connectivity index (χ3n) is 2.71. The van der Waals surface area contributed by atoms with Gasteiger partial charge >= 0.3 is 0 Å². The molecule has 1 amide bonds. The lowest BCUT2D eigenvalue weighted by molar-refractivity contribution is -0.124. The fraction of sp³-hybridized carbons (Fsp3) is 0.500. The second-order valence-electron chi connectivity index (χ2n) is 4.89. The number of ether oxygens (including phenoxy) is 1. The van der Waals surface area contributed by atoms with E-state index in [4.69, 9.17) is 16.3 Å². The van der Waals surface area contributed by atoms with Gasteiger partial charge in [0.25, 0.3) is 5.91 Å². The smallest absolute Gasteiger partial charge is 0.258 e. The van der Waals surface area contributed by atoms with Crippen molar-refractivity contribution in [3.8, 4) is 5.75 Å². The van der Waals surface area contributed by atoms with Gasteiger partial charge in [-0.25, -0.2) is 0 Å². The van der Waals surface area contributed by atoms with Crippen LogP contribution in [0.4, 0.5) is 0 Å². The van der Waals surface area contributed by atoms with E-state index in [9.17, 15) is 9.90 Å². The maximum atomic E-state index is 11.7. The van der Waals surface area contributed by atoms with E-state index < -0.39 is 5.60 Å². The molecule has 6 heteroatoms. The van der Waals surface area contributed by atoms with Crippen molar-refractivity contribution in [3.63, 3.8) is 0 Å². The van der Waals surface area contributed by atoms with Crippen molar-refractivity contribution in [1.82, 2.24) is 5.32 Å². The van der Waals surface area contributed by atoms with Crippen LogP contribution in [0.25, 0.3) is 0 Å². The average Bonchev–Trinajstić information content (AvgIpc) is 2.35. The van der Waals surface area contributed by atoms with Gasteiger partial charge in [0.1, 0.15) is 5.75 Å². The largest absolute Gasteiger partial charge is 0.483 e. The minimum Gasteiger partial charge on any atom is -0.483 e. The summed E-state index contributed by atoms with van der Waals surface area (Å²) in [7, 11) is 0. The molecule has 0 saturated carbocycles. The Balaban J connectivity index is 2.40. The van der Waals surface area contributed by atoms with Crippen LogP contribution in [0.2, 0.25) is 5.02 Å². The fourth-order valence-corrected chi connectivity index (χ4v) is 2.50. The molecule has 0 heterocycles. The molecule has 20 heavy (non-hydrogen) atoms. The SMILES string of the molecule is CCCC(C)(O)CNC(=O)COc1ccc(Cl)cc1Br. The van der Waals surface area contributed by atoms with E-state index in [1.165, 1.54) is 0 Å². The van der Waals surface area contributed by atoms with Gasteiger partial charge < -0.3 is 15.2 Å². The first-order valence-corrected chi connectivity index (χ1v) is 7.58. The molecule has 0 aromatic heterocycles. The molecule has 112 valence electrons. The molecule has 0 aliphatic carbocycles. The summed E-state index contributed by atoms with van der Waals surface area (Å²) >= 11 is 9.12. The van der Waals surface area contributed by atoms with Crippen LogP contribution < -0.4 is 10.1 Å². The Labute approximate surface area is 132 Å². The molecule has 0 bridgehead atoms. The Hall–Kier alpha value is -0.780. The van der Waals surface area contributed by atoms with Gasteiger partial charge in [-0.1, -0.05) is 24.9 Å². The van der Waals surface area contributed by atoms with E-state index in [0.717, 1.165) is 6.42 Å². The van der Waals surface area contributed by atoms with Gasteiger partial charge in [0.05, 0.1) is 10.1 Å². The van der Waals surface area contributed by atoms with Crippen molar-refractivity contribution in [2.24, 2.45) is 0 Å². The first-order valence-electron chi connectivity index (χ1n) is 6.41. The number of nitrogens with one attached hydrogen (secondary N) is 1. The molecule has 1 atom stereocenters. The summed E-state index contributed by atoms with van der Waals surface area (Å²) in [4.78, 5) is 11.7. The zero-order chi connectivity index (χ0) is 15.2. The highest BCUT2D eigenvalue weighted by Gasteiger charge is 2.19. The fourth-order valence-electron chi connectivity index (χ4n) is 1.70. The van der Waals surface area contributed by atoms with Crippen LogP contribution >= 0.6 is 27.5 Å². The Morgan fingerprint density at radius 3 is 2.85 bits per heavy atom. The van der Waals surface area contributed by atoms with E-state index in [0.29, 0.717) is 21.7 Å². The van der Waals surface area contributed by atoms with E-state index in [1.807, 2.05) is 6.92 Å². The Kier molecular flexibility index (Phi) is 6.79. The maximum absolute atomic E-state index is 11.7. The van der Waals surface area contributed by atoms with Crippen molar-refractivity contribution in [3.05, 3.63) is 27.7 Å². The molecule has 1 aromatic carbocycles. The summed E-state index contributed by atoms with van der Waals surface area (Å²) < 4.78 is 6.07. The number of carbonyl (C=O) groups is 1. The molecule has 0 aliphatic heterocycles. The topological polar surface area (TPSA) is 58.6 Å². The second kappa shape index (κ2) is 7.86. The Morgan fingerprint density at radius 1 is 1.55 bits per heavy atom. The van der Waals surface area contributed by atoms with Gasteiger partial charge in [0.2, 0.25) is 0 Å². The summed E-state index contributed by atoms with van der Waals surface area (Å²) in [5.41, 5.74) is -0.884. The van der Waals surface area contributed by atoms with Gasteiger partial charge in [-0.3, -0.25) is 4.79 Å². The molecule has 1 aromatic rings. The number of hydrogen-bond acceptors (Lipinski definition) is 3. The van der Waals surface area contributed by atoms with Crippen LogP contribution in [-0.4, -0.2) is 29.8 Å². The van der Waals surface area contributed by atoms with Crippen LogP contribution in [0.1, 0.15) is 26.7 Å². The number of amides is 1. The van der Waals surface area contributed by atoms with Crippen LogP contribution in [0.5, 0.6) is 5.75 Å². The summed E-state index contributed by atoms with van der Waals surface area (Å²) in [6.45, 7) is 3.79. The van der Waals surface area contributed by atoms with E-state index in [1.54, 1.807) is 25.1 Å². The summed E-state index contributed by atoms with van der Waals surface area (Å²) in [6.07, 6.45) is 1.49. The van der Waals surface area contributed by atoms with Crippen LogP contribution in [0, 0.1) is 0 Å². The van der Waals surface area contributed by atoms with E-state index in [-0.39, 0.29) is 19.1 Å². The molecule has 2 N–H and O–H groups in total. The normalized spacial score (nSPS) is 13.7. The van der Waals surface area contributed by atoms with Crippen LogP contribution in [0.3, 0.4) is 0 Å². The Bertz CT molecular complexity index is 466. The third kappa shape index (κ3) is 6.11. The zero-order valence-corrected chi connectivity index (χ0v) is 13.9. The van der Waals surface area contributed by atoms with Crippen molar-refractivity contribution < 1.29 is 14.6 Å². The standard InChI is InChI=1S/C14H19BrClNO3/c1-3-6-14(2,19)9-17-13(18)8-20-12-5-4-10(16)7-11(12)15/h4-5,7,19H,3,6,8-9H2,1-2H3,(H,17,18).